The Morgan fingerprint density at radius 1 is 1.24 bits per heavy atom. The third-order valence-electron chi connectivity index (χ3n) is 3.56. The Morgan fingerprint density at radius 3 is 2.71 bits per heavy atom. The van der Waals surface area contributed by atoms with Crippen LogP contribution in [0.2, 0.25) is 0 Å². The Hall–Kier alpha value is -1.08. The van der Waals surface area contributed by atoms with Crippen molar-refractivity contribution in [3.63, 3.8) is 0 Å². The Labute approximate surface area is 105 Å². The summed E-state index contributed by atoms with van der Waals surface area (Å²) in [5.74, 6) is 0. The van der Waals surface area contributed by atoms with Crippen LogP contribution in [0.3, 0.4) is 0 Å². The summed E-state index contributed by atoms with van der Waals surface area (Å²) in [6.45, 7) is 2.28. The summed E-state index contributed by atoms with van der Waals surface area (Å²) in [5.41, 5.74) is 1.44. The highest BCUT2D eigenvalue weighted by Gasteiger charge is 2.14. The molecule has 1 nitrogen and oxygen atoms in total. The van der Waals surface area contributed by atoms with E-state index in [1.165, 1.54) is 31.2 Å². The minimum Gasteiger partial charge on any atom is -0.311 e. The van der Waals surface area contributed by atoms with Gasteiger partial charge in [-0.2, -0.15) is 0 Å². The first-order valence-electron chi connectivity index (χ1n) is 6.83. The van der Waals surface area contributed by atoms with Crippen LogP contribution in [-0.4, -0.2) is 12.1 Å². The smallest absolute Gasteiger partial charge is 0.0108 e. The molecule has 2 unspecified atom stereocenters. The van der Waals surface area contributed by atoms with Crippen LogP contribution in [0.4, 0.5) is 0 Å². The molecule has 0 aliphatic heterocycles. The van der Waals surface area contributed by atoms with Crippen LogP contribution in [0.1, 0.15) is 38.2 Å². The van der Waals surface area contributed by atoms with E-state index in [9.17, 15) is 0 Å². The van der Waals surface area contributed by atoms with Gasteiger partial charge in [0.1, 0.15) is 0 Å². The van der Waals surface area contributed by atoms with Crippen molar-refractivity contribution in [2.75, 3.05) is 0 Å². The van der Waals surface area contributed by atoms with Crippen molar-refractivity contribution in [1.29, 1.82) is 0 Å². The fraction of sp³-hybridized carbons (Fsp3) is 0.500. The summed E-state index contributed by atoms with van der Waals surface area (Å²) in [5, 5.41) is 3.80. The zero-order chi connectivity index (χ0) is 11.9. The summed E-state index contributed by atoms with van der Waals surface area (Å²) < 4.78 is 0. The second-order valence-electron chi connectivity index (χ2n) is 4.94. The number of rotatable bonds is 5. The van der Waals surface area contributed by atoms with E-state index < -0.39 is 0 Å². The van der Waals surface area contributed by atoms with Crippen molar-refractivity contribution >= 4 is 0 Å². The summed E-state index contributed by atoms with van der Waals surface area (Å²) in [6.07, 6.45) is 10.7. The lowest BCUT2D eigenvalue weighted by Crippen LogP contribution is -2.39. The molecule has 1 aliphatic carbocycles. The fourth-order valence-corrected chi connectivity index (χ4v) is 2.50. The maximum Gasteiger partial charge on any atom is 0.0108 e. The number of hydrogen-bond acceptors (Lipinski definition) is 1. The number of nitrogens with one attached hydrogen (secondary N) is 1. The highest BCUT2D eigenvalue weighted by molar-refractivity contribution is 5.16. The van der Waals surface area contributed by atoms with Crippen LogP contribution >= 0.6 is 0 Å². The van der Waals surface area contributed by atoms with Crippen LogP contribution < -0.4 is 5.32 Å². The molecule has 1 aromatic rings. The predicted molar refractivity (Wildman–Crippen MR) is 74.1 cm³/mol. The maximum absolute atomic E-state index is 3.80. The van der Waals surface area contributed by atoms with Gasteiger partial charge in [0.15, 0.2) is 0 Å². The molecule has 1 aliphatic rings. The van der Waals surface area contributed by atoms with Crippen molar-refractivity contribution in [2.24, 2.45) is 0 Å². The molecule has 0 radical (unpaired) electrons. The molecule has 0 bridgehead atoms. The summed E-state index contributed by atoms with van der Waals surface area (Å²) in [6, 6.07) is 12.1. The lowest BCUT2D eigenvalue weighted by Gasteiger charge is -2.26. The minimum atomic E-state index is 0.619. The molecule has 17 heavy (non-hydrogen) atoms. The molecule has 0 amide bonds. The van der Waals surface area contributed by atoms with E-state index in [1.54, 1.807) is 0 Å². The van der Waals surface area contributed by atoms with Crippen LogP contribution in [0, 0.1) is 0 Å². The first kappa shape index (κ1) is 12.4. The van der Waals surface area contributed by atoms with Gasteiger partial charge in [0.2, 0.25) is 0 Å². The zero-order valence-corrected chi connectivity index (χ0v) is 10.7. The third-order valence-corrected chi connectivity index (χ3v) is 3.56. The van der Waals surface area contributed by atoms with E-state index in [1.807, 2.05) is 0 Å². The number of hydrogen-bond donors (Lipinski definition) is 1. The highest BCUT2D eigenvalue weighted by Crippen LogP contribution is 2.13. The average Bonchev–Trinajstić information content (AvgIpc) is 2.40. The van der Waals surface area contributed by atoms with E-state index in [2.05, 4.69) is 54.7 Å². The first-order chi connectivity index (χ1) is 8.38. The Balaban J connectivity index is 1.86. The van der Waals surface area contributed by atoms with E-state index in [4.69, 9.17) is 0 Å². The Morgan fingerprint density at radius 2 is 2.06 bits per heavy atom. The van der Waals surface area contributed by atoms with Gasteiger partial charge in [0.25, 0.3) is 0 Å². The highest BCUT2D eigenvalue weighted by atomic mass is 14.9. The van der Waals surface area contributed by atoms with Gasteiger partial charge in [0.05, 0.1) is 0 Å². The second-order valence-corrected chi connectivity index (χ2v) is 4.94. The van der Waals surface area contributed by atoms with Crippen LogP contribution in [0.25, 0.3) is 0 Å². The standard InChI is InChI=1S/C16H23N/c1-2-15(13-14-9-5-3-6-10-14)17-16-11-7-4-8-12-16/h3-7,9-10,15-17H,2,8,11-13H2,1H3. The minimum absolute atomic E-state index is 0.619. The summed E-state index contributed by atoms with van der Waals surface area (Å²) in [7, 11) is 0. The summed E-state index contributed by atoms with van der Waals surface area (Å²) >= 11 is 0. The molecule has 2 atom stereocenters. The van der Waals surface area contributed by atoms with Gasteiger partial charge in [-0.15, -0.1) is 0 Å². The fourth-order valence-electron chi connectivity index (χ4n) is 2.50. The third kappa shape index (κ3) is 4.01. The molecule has 0 fully saturated rings. The van der Waals surface area contributed by atoms with Gasteiger partial charge in [-0.25, -0.2) is 0 Å². The Bertz CT molecular complexity index is 342. The van der Waals surface area contributed by atoms with E-state index >= 15 is 0 Å². The van der Waals surface area contributed by atoms with Crippen LogP contribution in [0.5, 0.6) is 0 Å². The van der Waals surface area contributed by atoms with Crippen molar-refractivity contribution in [3.8, 4) is 0 Å². The normalized spacial score (nSPS) is 21.4. The summed E-state index contributed by atoms with van der Waals surface area (Å²) in [4.78, 5) is 0. The molecule has 0 spiro atoms. The molecule has 0 saturated carbocycles. The molecule has 1 aromatic carbocycles. The lowest BCUT2D eigenvalue weighted by molar-refractivity contribution is 0.392. The molecule has 1 N–H and O–H groups in total. The quantitative estimate of drug-likeness (QED) is 0.759. The van der Waals surface area contributed by atoms with Crippen molar-refractivity contribution in [2.45, 2.75) is 51.1 Å². The number of allylic oxidation sites excluding steroid dienone is 1. The van der Waals surface area contributed by atoms with Crippen molar-refractivity contribution < 1.29 is 0 Å². The Kier molecular flexibility index (Phi) is 4.81. The van der Waals surface area contributed by atoms with Crippen molar-refractivity contribution in [3.05, 3.63) is 48.0 Å². The molecular formula is C16H23N. The number of benzene rings is 1. The predicted octanol–water partition coefficient (Wildman–Crippen LogP) is 3.71. The van der Waals surface area contributed by atoms with Gasteiger partial charge in [0, 0.05) is 12.1 Å². The van der Waals surface area contributed by atoms with E-state index in [0.717, 1.165) is 6.42 Å². The topological polar surface area (TPSA) is 12.0 Å². The largest absolute Gasteiger partial charge is 0.311 e. The van der Waals surface area contributed by atoms with Gasteiger partial charge in [-0.3, -0.25) is 0 Å². The zero-order valence-electron chi connectivity index (χ0n) is 10.7. The van der Waals surface area contributed by atoms with Gasteiger partial charge in [-0.1, -0.05) is 49.4 Å². The molecule has 0 heterocycles. The second kappa shape index (κ2) is 6.61. The van der Waals surface area contributed by atoms with Crippen LogP contribution in [-0.2, 0) is 6.42 Å². The first-order valence-corrected chi connectivity index (χ1v) is 6.83. The average molecular weight is 229 g/mol. The maximum atomic E-state index is 3.80. The molecule has 1 heteroatoms. The molecule has 0 saturated heterocycles. The lowest BCUT2D eigenvalue weighted by atomic mass is 9.98. The molecule has 2 rings (SSSR count). The van der Waals surface area contributed by atoms with E-state index in [-0.39, 0.29) is 0 Å². The van der Waals surface area contributed by atoms with Gasteiger partial charge in [-0.05, 0) is 37.7 Å². The molecule has 0 aromatic heterocycles. The molecule has 92 valence electrons. The van der Waals surface area contributed by atoms with Crippen LogP contribution in [0.15, 0.2) is 42.5 Å². The van der Waals surface area contributed by atoms with Gasteiger partial charge < -0.3 is 5.32 Å². The van der Waals surface area contributed by atoms with Gasteiger partial charge >= 0.3 is 0 Å². The van der Waals surface area contributed by atoms with Crippen molar-refractivity contribution in [1.82, 2.24) is 5.32 Å². The monoisotopic (exact) mass is 229 g/mol. The molecular weight excluding hydrogens is 206 g/mol. The SMILES string of the molecule is CCC(Cc1ccccc1)NC1CC=CCC1. The van der Waals surface area contributed by atoms with E-state index in [0.29, 0.717) is 12.1 Å².